The highest BCUT2D eigenvalue weighted by Crippen LogP contribution is 2.61. The van der Waals surface area contributed by atoms with E-state index in [2.05, 4.69) is 43.5 Å². The van der Waals surface area contributed by atoms with Gasteiger partial charge in [0.2, 0.25) is 0 Å². The standard InChI is InChI=1S/C84H55F6NO2/c1-3-52-21-35-65(36-22-52)92-67-39-27-58(28-40-67)83(81-77(87)46-60(85)47-78(81)88)73-19-10-8-17-69(73)71-43-33-63(50-75(71)83)91(62-31-25-55(26-32-62)57-16-12-15-56(45-57)54-13-6-5-7-14-54)64-34-44-72-70-18-9-11-20-74(70)84(76(72)51-64,82-79(89)48-61(86)49-80(82)90)59-29-41-68(42-30-59)93-66-37-23-53(4-2)24-38-66/h3-8,10-17,19-51H,1-2,9,18H2. The maximum absolute atomic E-state index is 17.4. The molecule has 0 amide bonds. The highest BCUT2D eigenvalue weighted by Gasteiger charge is 2.52. The van der Waals surface area contributed by atoms with Gasteiger partial charge in [-0.3, -0.25) is 0 Å². The summed E-state index contributed by atoms with van der Waals surface area (Å²) in [4.78, 5) is 2.02. The first-order chi connectivity index (χ1) is 45.4. The Morgan fingerprint density at radius 2 is 0.796 bits per heavy atom. The first-order valence-electron chi connectivity index (χ1n) is 30.6. The number of nitrogens with zero attached hydrogens (tertiary/aromatic N) is 1. The van der Waals surface area contributed by atoms with E-state index in [1.165, 1.54) is 0 Å². The van der Waals surface area contributed by atoms with E-state index in [4.69, 9.17) is 9.47 Å². The molecular weight excluding hydrogens is 1170 g/mol. The molecule has 3 nitrogen and oxygen atoms in total. The van der Waals surface area contributed by atoms with Gasteiger partial charge in [-0.15, -0.1) is 0 Å². The van der Waals surface area contributed by atoms with Crippen LogP contribution in [0.5, 0.6) is 23.0 Å². The van der Waals surface area contributed by atoms with Crippen molar-refractivity contribution in [1.29, 1.82) is 0 Å². The fourth-order valence-corrected chi connectivity index (χ4v) is 14.3. The molecule has 9 heteroatoms. The van der Waals surface area contributed by atoms with Crippen molar-refractivity contribution in [2.45, 2.75) is 23.7 Å². The molecule has 15 rings (SSSR count). The number of fused-ring (bicyclic) bond motifs is 5. The predicted octanol–water partition coefficient (Wildman–Crippen LogP) is 23.0. The molecule has 12 aromatic rings. The molecule has 0 spiro atoms. The number of halogens is 6. The van der Waals surface area contributed by atoms with Crippen LogP contribution in [0.2, 0.25) is 0 Å². The molecule has 0 saturated heterocycles. The number of benzene rings is 12. The van der Waals surface area contributed by atoms with Crippen molar-refractivity contribution >= 4 is 34.8 Å². The van der Waals surface area contributed by atoms with E-state index in [9.17, 15) is 0 Å². The fraction of sp³-hybridized carbons (Fsp3) is 0.0476. The Hall–Kier alpha value is -11.4. The molecule has 0 bridgehead atoms. The second kappa shape index (κ2) is 23.4. The summed E-state index contributed by atoms with van der Waals surface area (Å²) in [6, 6.07) is 77.6. The minimum absolute atomic E-state index is 0.355. The summed E-state index contributed by atoms with van der Waals surface area (Å²) in [5.41, 5.74) is 9.57. The Labute approximate surface area is 535 Å². The molecule has 0 fully saturated rings. The largest absolute Gasteiger partial charge is 0.457 e. The summed E-state index contributed by atoms with van der Waals surface area (Å²) >= 11 is 0. The van der Waals surface area contributed by atoms with E-state index >= 15 is 26.3 Å². The van der Waals surface area contributed by atoms with Gasteiger partial charge in [-0.2, -0.15) is 0 Å². The average molecular weight is 1220 g/mol. The molecule has 450 valence electrons. The van der Waals surface area contributed by atoms with Gasteiger partial charge in [-0.1, -0.05) is 183 Å². The summed E-state index contributed by atoms with van der Waals surface area (Å²) in [5, 5.41) is 0. The van der Waals surface area contributed by atoms with E-state index in [-0.39, 0.29) is 11.1 Å². The molecule has 0 heterocycles. The molecule has 0 aromatic heterocycles. The molecule has 0 radical (unpaired) electrons. The highest BCUT2D eigenvalue weighted by atomic mass is 19.2. The van der Waals surface area contributed by atoms with Crippen LogP contribution >= 0.6 is 0 Å². The second-order valence-electron chi connectivity index (χ2n) is 23.5. The molecule has 2 unspecified atom stereocenters. The van der Waals surface area contributed by atoms with E-state index in [1.54, 1.807) is 60.7 Å². The monoisotopic (exact) mass is 1220 g/mol. The molecular formula is C84H55F6NO2. The average Bonchev–Trinajstić information content (AvgIpc) is 1.57. The topological polar surface area (TPSA) is 21.7 Å². The van der Waals surface area contributed by atoms with Crippen molar-refractivity contribution in [2.24, 2.45) is 0 Å². The normalized spacial score (nSPS) is 15.8. The third kappa shape index (κ3) is 9.87. The maximum Gasteiger partial charge on any atom is 0.133 e. The molecule has 0 N–H and O–H groups in total. The maximum atomic E-state index is 17.4. The van der Waals surface area contributed by atoms with Gasteiger partial charge in [-0.25, -0.2) is 26.3 Å². The van der Waals surface area contributed by atoms with Crippen LogP contribution in [-0.4, -0.2) is 0 Å². The Balaban J connectivity index is 0.954. The van der Waals surface area contributed by atoms with Crippen LogP contribution in [-0.2, 0) is 10.8 Å². The molecule has 2 atom stereocenters. The molecule has 3 aliphatic rings. The van der Waals surface area contributed by atoms with Crippen LogP contribution in [0.15, 0.2) is 292 Å². The quantitative estimate of drug-likeness (QED) is 0.0955. The third-order valence-electron chi connectivity index (χ3n) is 18.3. The van der Waals surface area contributed by atoms with Crippen molar-refractivity contribution in [2.75, 3.05) is 4.90 Å². The number of anilines is 3. The molecule has 3 aliphatic carbocycles. The lowest BCUT2D eigenvalue weighted by molar-refractivity contribution is 0.481. The summed E-state index contributed by atoms with van der Waals surface area (Å²) < 4.78 is 113. The Morgan fingerprint density at radius 1 is 0.366 bits per heavy atom. The Morgan fingerprint density at radius 3 is 1.33 bits per heavy atom. The van der Waals surface area contributed by atoms with Crippen molar-refractivity contribution in [3.8, 4) is 56.4 Å². The summed E-state index contributed by atoms with van der Waals surface area (Å²) in [6.07, 6.45) is 8.60. The van der Waals surface area contributed by atoms with Crippen LogP contribution in [0, 0.1) is 34.9 Å². The van der Waals surface area contributed by atoms with Crippen molar-refractivity contribution in [3.05, 3.63) is 382 Å². The van der Waals surface area contributed by atoms with E-state index in [0.717, 1.165) is 56.6 Å². The smallest absolute Gasteiger partial charge is 0.133 e. The Kier molecular flexibility index (Phi) is 14.6. The minimum atomic E-state index is -1.75. The summed E-state index contributed by atoms with van der Waals surface area (Å²) in [7, 11) is 0. The zero-order chi connectivity index (χ0) is 63.5. The van der Waals surface area contributed by atoms with Crippen molar-refractivity contribution in [1.82, 2.24) is 0 Å². The predicted molar refractivity (Wildman–Crippen MR) is 360 cm³/mol. The van der Waals surface area contributed by atoms with Gasteiger partial charge in [0.25, 0.3) is 0 Å². The zero-order valence-electron chi connectivity index (χ0n) is 50.0. The molecule has 12 aromatic carbocycles. The summed E-state index contributed by atoms with van der Waals surface area (Å²) in [6.45, 7) is 7.72. The number of allylic oxidation sites excluding steroid dienone is 4. The second-order valence-corrected chi connectivity index (χ2v) is 23.5. The van der Waals surface area contributed by atoms with Crippen LogP contribution in [0.4, 0.5) is 43.4 Å². The zero-order valence-corrected chi connectivity index (χ0v) is 50.0. The summed E-state index contributed by atoms with van der Waals surface area (Å²) in [5.74, 6) is -4.40. The number of hydrogen-bond donors (Lipinski definition) is 0. The number of ether oxygens (including phenoxy) is 2. The number of hydrogen-bond acceptors (Lipinski definition) is 3. The van der Waals surface area contributed by atoms with Gasteiger partial charge in [0.05, 0.1) is 10.8 Å². The molecule has 0 aliphatic heterocycles. The van der Waals surface area contributed by atoms with Gasteiger partial charge in [0, 0.05) is 52.5 Å². The SMILES string of the molecule is C=Cc1ccc(Oc2ccc(C3(c4c(F)cc(F)cc4F)C4=C(CCC=C4)c4ccc(N(c5ccc(-c6cccc(-c7ccccc7)c6)cc5)c5ccc6c(c5)C(c5ccc(Oc7ccc(C=C)cc7)cc5)(c5c(F)cc(F)cc5F)c5ccccc5-6)cc43)cc2)cc1. The van der Waals surface area contributed by atoms with Gasteiger partial charge < -0.3 is 14.4 Å². The van der Waals surface area contributed by atoms with Gasteiger partial charge in [-0.05, 0) is 193 Å². The molecule has 93 heavy (non-hydrogen) atoms. The van der Waals surface area contributed by atoms with Crippen molar-refractivity contribution in [3.63, 3.8) is 0 Å². The van der Waals surface area contributed by atoms with Gasteiger partial charge in [0.1, 0.15) is 57.9 Å². The molecule has 0 saturated carbocycles. The van der Waals surface area contributed by atoms with Crippen LogP contribution in [0.1, 0.15) is 68.5 Å². The van der Waals surface area contributed by atoms with Crippen LogP contribution < -0.4 is 14.4 Å². The lowest BCUT2D eigenvalue weighted by Crippen LogP contribution is -2.32. The lowest BCUT2D eigenvalue weighted by atomic mass is 9.66. The number of rotatable bonds is 15. The third-order valence-corrected chi connectivity index (χ3v) is 18.3. The Bertz CT molecular complexity index is 4960. The van der Waals surface area contributed by atoms with E-state index < -0.39 is 45.7 Å². The highest BCUT2D eigenvalue weighted by molar-refractivity contribution is 5.93. The lowest BCUT2D eigenvalue weighted by Gasteiger charge is -2.37. The van der Waals surface area contributed by atoms with E-state index in [1.807, 2.05) is 175 Å². The van der Waals surface area contributed by atoms with Crippen LogP contribution in [0.25, 0.3) is 51.1 Å². The van der Waals surface area contributed by atoms with Gasteiger partial charge in [0.15, 0.2) is 0 Å². The fourth-order valence-electron chi connectivity index (χ4n) is 14.3. The van der Waals surface area contributed by atoms with Crippen LogP contribution in [0.3, 0.4) is 0 Å². The van der Waals surface area contributed by atoms with Gasteiger partial charge >= 0.3 is 0 Å². The van der Waals surface area contributed by atoms with Crippen molar-refractivity contribution < 1.29 is 35.8 Å². The minimum Gasteiger partial charge on any atom is -0.457 e. The first-order valence-corrected chi connectivity index (χ1v) is 30.6. The van der Waals surface area contributed by atoms with E-state index in [0.29, 0.717) is 110 Å². The first kappa shape index (κ1) is 58.0.